The molecule has 0 atom stereocenters. The molecular weight excluding hydrogens is 474 g/mol. The number of methoxy groups -OCH3 is 1. The summed E-state index contributed by atoms with van der Waals surface area (Å²) in [6, 6.07) is 9.20. The van der Waals surface area contributed by atoms with Crippen LogP contribution in [0.2, 0.25) is 0 Å². The fourth-order valence-corrected chi connectivity index (χ4v) is 6.38. The monoisotopic (exact) mass is 519 g/mol. The molecule has 5 rings (SSSR count). The number of likely N-dealkylation sites (tertiary alicyclic amines) is 1. The predicted octanol–water partition coefficient (Wildman–Crippen LogP) is 5.03. The van der Waals surface area contributed by atoms with Gasteiger partial charge in [-0.3, -0.25) is 4.90 Å². The Kier molecular flexibility index (Phi) is 7.56. The standard InChI is InChI=1S/C30H45N7O/c1-6-7-8-14-32-27-26-24(33-28(31)34-27)11-15-37(26)18-23-10-9-22(16-25(23)38-5)17-36-19-29(4,20-36)30(12-13-30)35-21(2)3/h9-11,15-16,21,35H,6-8,12-14,17-20H2,1-5H3,(H3,31,32,33,34). The van der Waals surface area contributed by atoms with E-state index >= 15 is 0 Å². The molecule has 0 unspecified atom stereocenters. The molecule has 3 heterocycles. The minimum Gasteiger partial charge on any atom is -0.496 e. The van der Waals surface area contributed by atoms with Crippen molar-refractivity contribution in [2.75, 3.05) is 37.8 Å². The van der Waals surface area contributed by atoms with E-state index in [4.69, 9.17) is 10.5 Å². The molecule has 4 N–H and O–H groups in total. The molecule has 0 radical (unpaired) electrons. The third-order valence-corrected chi connectivity index (χ3v) is 8.41. The molecule has 0 bridgehead atoms. The molecule has 2 aromatic heterocycles. The largest absolute Gasteiger partial charge is 0.496 e. The first kappa shape index (κ1) is 26.8. The van der Waals surface area contributed by atoms with Crippen LogP contribution in [0.3, 0.4) is 0 Å². The first-order chi connectivity index (χ1) is 18.3. The fraction of sp³-hybridized carbons (Fsp3) is 0.600. The predicted molar refractivity (Wildman–Crippen MR) is 156 cm³/mol. The number of fused-ring (bicyclic) bond motifs is 1. The van der Waals surface area contributed by atoms with Crippen LogP contribution in [0, 0.1) is 5.41 Å². The fourth-order valence-electron chi connectivity index (χ4n) is 6.38. The summed E-state index contributed by atoms with van der Waals surface area (Å²) in [5.41, 5.74) is 11.0. The van der Waals surface area contributed by atoms with Crippen molar-refractivity contribution in [3.63, 3.8) is 0 Å². The van der Waals surface area contributed by atoms with Crippen molar-refractivity contribution >= 4 is 22.8 Å². The number of benzene rings is 1. The Hall–Kier alpha value is -2.84. The molecule has 0 spiro atoms. The summed E-state index contributed by atoms with van der Waals surface area (Å²) < 4.78 is 8.05. The zero-order valence-electron chi connectivity index (χ0n) is 23.8. The lowest BCUT2D eigenvalue weighted by Crippen LogP contribution is -2.65. The van der Waals surface area contributed by atoms with E-state index in [1.54, 1.807) is 7.11 Å². The van der Waals surface area contributed by atoms with Crippen LogP contribution in [0.4, 0.5) is 11.8 Å². The SMILES string of the molecule is CCCCCNc1nc(N)nc2ccn(Cc3ccc(CN4CC(C)(C5(NC(C)C)CC5)C4)cc3OC)c12. The summed E-state index contributed by atoms with van der Waals surface area (Å²) in [4.78, 5) is 11.5. The van der Waals surface area contributed by atoms with Gasteiger partial charge in [0.15, 0.2) is 5.82 Å². The second kappa shape index (κ2) is 10.7. The van der Waals surface area contributed by atoms with Gasteiger partial charge in [-0.1, -0.05) is 52.7 Å². The molecule has 1 aliphatic carbocycles. The van der Waals surface area contributed by atoms with E-state index in [1.807, 2.05) is 6.07 Å². The van der Waals surface area contributed by atoms with Crippen LogP contribution in [0.15, 0.2) is 30.5 Å². The first-order valence-electron chi connectivity index (χ1n) is 14.3. The number of nitrogens with two attached hydrogens (primary N) is 1. The topological polar surface area (TPSA) is 93.3 Å². The van der Waals surface area contributed by atoms with E-state index in [-0.39, 0.29) is 0 Å². The normalized spacial score (nSPS) is 18.1. The molecule has 8 heteroatoms. The molecule has 1 saturated carbocycles. The van der Waals surface area contributed by atoms with Gasteiger partial charge in [-0.25, -0.2) is 4.98 Å². The molecule has 1 aromatic carbocycles. The molecule has 2 aliphatic rings. The lowest BCUT2D eigenvalue weighted by Gasteiger charge is -2.54. The van der Waals surface area contributed by atoms with Crippen LogP contribution in [-0.4, -0.2) is 57.8 Å². The number of nitrogen functional groups attached to an aromatic ring is 1. The van der Waals surface area contributed by atoms with Crippen molar-refractivity contribution in [1.82, 2.24) is 24.8 Å². The van der Waals surface area contributed by atoms with Gasteiger partial charge in [0, 0.05) is 54.9 Å². The van der Waals surface area contributed by atoms with Crippen molar-refractivity contribution in [2.24, 2.45) is 5.41 Å². The number of anilines is 2. The number of hydrogen-bond donors (Lipinski definition) is 3. The van der Waals surface area contributed by atoms with E-state index in [0.29, 0.717) is 29.5 Å². The summed E-state index contributed by atoms with van der Waals surface area (Å²) >= 11 is 0. The molecule has 3 aromatic rings. The van der Waals surface area contributed by atoms with Gasteiger partial charge in [-0.05, 0) is 37.0 Å². The maximum atomic E-state index is 6.00. The zero-order valence-corrected chi connectivity index (χ0v) is 23.8. The zero-order chi connectivity index (χ0) is 26.9. The number of unbranched alkanes of at least 4 members (excludes halogenated alkanes) is 2. The second-order valence-corrected chi connectivity index (χ2v) is 12.0. The van der Waals surface area contributed by atoms with Crippen LogP contribution in [0.25, 0.3) is 11.0 Å². The summed E-state index contributed by atoms with van der Waals surface area (Å²) in [5, 5.41) is 7.36. The minimum absolute atomic E-state index is 0.296. The number of hydrogen-bond acceptors (Lipinski definition) is 7. The van der Waals surface area contributed by atoms with Crippen LogP contribution < -0.4 is 21.1 Å². The van der Waals surface area contributed by atoms with E-state index in [9.17, 15) is 0 Å². The van der Waals surface area contributed by atoms with E-state index in [1.165, 1.54) is 31.2 Å². The van der Waals surface area contributed by atoms with Gasteiger partial charge in [0.05, 0.1) is 19.2 Å². The Labute approximate surface area is 227 Å². The number of nitrogens with zero attached hydrogens (tertiary/aromatic N) is 4. The molecule has 1 aliphatic heterocycles. The smallest absolute Gasteiger partial charge is 0.222 e. The van der Waals surface area contributed by atoms with Gasteiger partial charge in [0.25, 0.3) is 0 Å². The maximum absolute atomic E-state index is 6.00. The van der Waals surface area contributed by atoms with Crippen LogP contribution in [0.1, 0.15) is 70.9 Å². The molecule has 1 saturated heterocycles. The Morgan fingerprint density at radius 3 is 2.58 bits per heavy atom. The number of rotatable bonds is 13. The van der Waals surface area contributed by atoms with E-state index in [2.05, 4.69) is 82.2 Å². The Morgan fingerprint density at radius 2 is 1.89 bits per heavy atom. The maximum Gasteiger partial charge on any atom is 0.222 e. The molecule has 8 nitrogen and oxygen atoms in total. The number of nitrogens with one attached hydrogen (secondary N) is 2. The van der Waals surface area contributed by atoms with Gasteiger partial charge < -0.3 is 25.7 Å². The highest BCUT2D eigenvalue weighted by atomic mass is 16.5. The average Bonchev–Trinajstić information content (AvgIpc) is 3.53. The van der Waals surface area contributed by atoms with Crippen molar-refractivity contribution < 1.29 is 4.74 Å². The van der Waals surface area contributed by atoms with E-state index in [0.717, 1.165) is 60.8 Å². The third-order valence-electron chi connectivity index (χ3n) is 8.41. The van der Waals surface area contributed by atoms with Gasteiger partial charge in [-0.15, -0.1) is 0 Å². The first-order valence-corrected chi connectivity index (χ1v) is 14.3. The van der Waals surface area contributed by atoms with Crippen molar-refractivity contribution in [2.45, 2.75) is 84.5 Å². The highest BCUT2D eigenvalue weighted by molar-refractivity contribution is 5.87. The third kappa shape index (κ3) is 5.34. The number of aromatic nitrogens is 3. The van der Waals surface area contributed by atoms with Crippen LogP contribution in [0.5, 0.6) is 5.75 Å². The summed E-state index contributed by atoms with van der Waals surface area (Å²) in [6.45, 7) is 14.0. The van der Waals surface area contributed by atoms with Crippen molar-refractivity contribution in [3.05, 3.63) is 41.6 Å². The molecular formula is C30H45N7O. The highest BCUT2D eigenvalue weighted by Crippen LogP contribution is 2.55. The summed E-state index contributed by atoms with van der Waals surface area (Å²) in [7, 11) is 1.76. The van der Waals surface area contributed by atoms with Gasteiger partial charge in [0.1, 0.15) is 11.3 Å². The lowest BCUT2D eigenvalue weighted by molar-refractivity contribution is -0.0325. The molecule has 38 heavy (non-hydrogen) atoms. The Bertz CT molecular complexity index is 1260. The van der Waals surface area contributed by atoms with Gasteiger partial charge >= 0.3 is 0 Å². The van der Waals surface area contributed by atoms with Gasteiger partial charge in [-0.2, -0.15) is 4.98 Å². The molecule has 206 valence electrons. The lowest BCUT2D eigenvalue weighted by atomic mass is 9.72. The minimum atomic E-state index is 0.296. The van der Waals surface area contributed by atoms with Crippen molar-refractivity contribution in [1.29, 1.82) is 0 Å². The van der Waals surface area contributed by atoms with Gasteiger partial charge in [0.2, 0.25) is 5.95 Å². The average molecular weight is 520 g/mol. The quantitative estimate of drug-likeness (QED) is 0.273. The number of ether oxygens (including phenoxy) is 1. The van der Waals surface area contributed by atoms with Crippen LogP contribution >= 0.6 is 0 Å². The van der Waals surface area contributed by atoms with Crippen molar-refractivity contribution in [3.8, 4) is 5.75 Å². The molecule has 2 fully saturated rings. The highest BCUT2D eigenvalue weighted by Gasteiger charge is 2.61. The Morgan fingerprint density at radius 1 is 1.11 bits per heavy atom. The second-order valence-electron chi connectivity index (χ2n) is 12.0. The summed E-state index contributed by atoms with van der Waals surface area (Å²) in [6.07, 6.45) is 8.14. The summed E-state index contributed by atoms with van der Waals surface area (Å²) in [5.74, 6) is 2.01. The van der Waals surface area contributed by atoms with E-state index < -0.39 is 0 Å². The van der Waals surface area contributed by atoms with Crippen LogP contribution in [-0.2, 0) is 13.1 Å². The Balaban J connectivity index is 1.28. The molecule has 0 amide bonds.